The standard InChI is InChI=1S/C15H15FO2/c1-3-13-6-7-15(18-13)14(17)9-11-4-5-12(16)8-10(11)2/h4-8H,3,9H2,1-2H3. The van der Waals surface area contributed by atoms with Gasteiger partial charge in [-0.1, -0.05) is 13.0 Å². The minimum atomic E-state index is -0.282. The highest BCUT2D eigenvalue weighted by Crippen LogP contribution is 2.15. The van der Waals surface area contributed by atoms with Crippen molar-refractivity contribution in [2.24, 2.45) is 0 Å². The third kappa shape index (κ3) is 2.67. The average Bonchev–Trinajstić information content (AvgIpc) is 2.81. The normalized spacial score (nSPS) is 10.6. The van der Waals surface area contributed by atoms with Gasteiger partial charge in [0.15, 0.2) is 5.76 Å². The highest BCUT2D eigenvalue weighted by atomic mass is 19.1. The van der Waals surface area contributed by atoms with Gasteiger partial charge in [0.05, 0.1) is 0 Å². The molecule has 0 saturated heterocycles. The first-order chi connectivity index (χ1) is 8.60. The molecule has 18 heavy (non-hydrogen) atoms. The number of benzene rings is 1. The number of furan rings is 1. The molecule has 0 aliphatic rings. The Labute approximate surface area is 105 Å². The molecule has 2 aromatic rings. The van der Waals surface area contributed by atoms with Gasteiger partial charge in [0.2, 0.25) is 5.78 Å². The summed E-state index contributed by atoms with van der Waals surface area (Å²) in [4.78, 5) is 12.0. The zero-order valence-corrected chi connectivity index (χ0v) is 10.5. The topological polar surface area (TPSA) is 30.2 Å². The van der Waals surface area contributed by atoms with E-state index in [1.807, 2.05) is 13.0 Å². The first kappa shape index (κ1) is 12.6. The SMILES string of the molecule is CCc1ccc(C(=O)Cc2ccc(F)cc2C)o1. The minimum absolute atomic E-state index is 0.0793. The maximum absolute atomic E-state index is 13.0. The van der Waals surface area contributed by atoms with E-state index in [0.717, 1.165) is 23.3 Å². The third-order valence-electron chi connectivity index (χ3n) is 2.94. The van der Waals surface area contributed by atoms with E-state index in [2.05, 4.69) is 0 Å². The number of Topliss-reactive ketones (excluding diaryl/α,β-unsaturated/α-hetero) is 1. The van der Waals surface area contributed by atoms with Crippen molar-refractivity contribution in [2.75, 3.05) is 0 Å². The van der Waals surface area contributed by atoms with Crippen molar-refractivity contribution >= 4 is 5.78 Å². The maximum Gasteiger partial charge on any atom is 0.202 e. The Morgan fingerprint density at radius 2 is 2.06 bits per heavy atom. The van der Waals surface area contributed by atoms with Crippen LogP contribution >= 0.6 is 0 Å². The number of hydrogen-bond acceptors (Lipinski definition) is 2. The first-order valence-corrected chi connectivity index (χ1v) is 5.97. The molecule has 1 aromatic heterocycles. The lowest BCUT2D eigenvalue weighted by Gasteiger charge is -2.03. The van der Waals surface area contributed by atoms with Crippen LogP contribution in [0.3, 0.4) is 0 Å². The highest BCUT2D eigenvalue weighted by molar-refractivity contribution is 5.95. The highest BCUT2D eigenvalue weighted by Gasteiger charge is 2.13. The number of ketones is 1. The average molecular weight is 246 g/mol. The maximum atomic E-state index is 13.0. The van der Waals surface area contributed by atoms with Crippen molar-refractivity contribution in [1.29, 1.82) is 0 Å². The smallest absolute Gasteiger partial charge is 0.202 e. The van der Waals surface area contributed by atoms with Crippen molar-refractivity contribution in [1.82, 2.24) is 0 Å². The summed E-state index contributed by atoms with van der Waals surface area (Å²) in [7, 11) is 0. The molecule has 0 aliphatic heterocycles. The molecule has 3 heteroatoms. The van der Waals surface area contributed by atoms with E-state index < -0.39 is 0 Å². The molecule has 0 radical (unpaired) electrons. The van der Waals surface area contributed by atoms with E-state index in [1.165, 1.54) is 12.1 Å². The van der Waals surface area contributed by atoms with Gasteiger partial charge in [-0.3, -0.25) is 4.79 Å². The van der Waals surface area contributed by atoms with Crippen LogP contribution < -0.4 is 0 Å². The van der Waals surface area contributed by atoms with E-state index in [4.69, 9.17) is 4.42 Å². The Kier molecular flexibility index (Phi) is 3.60. The lowest BCUT2D eigenvalue weighted by atomic mass is 10.0. The zero-order valence-electron chi connectivity index (χ0n) is 10.5. The molecule has 0 atom stereocenters. The summed E-state index contributed by atoms with van der Waals surface area (Å²) in [6.45, 7) is 3.77. The van der Waals surface area contributed by atoms with Gasteiger partial charge in [-0.25, -0.2) is 4.39 Å². The predicted octanol–water partition coefficient (Wildman–Crippen LogP) is 3.71. The Morgan fingerprint density at radius 3 is 2.67 bits per heavy atom. The second-order valence-electron chi connectivity index (χ2n) is 4.29. The molecule has 0 N–H and O–H groups in total. The molecular formula is C15H15FO2. The van der Waals surface area contributed by atoms with Gasteiger partial charge in [0.1, 0.15) is 11.6 Å². The summed E-state index contributed by atoms with van der Waals surface area (Å²) in [6.07, 6.45) is 1.01. The van der Waals surface area contributed by atoms with Gasteiger partial charge in [0, 0.05) is 12.8 Å². The molecule has 2 rings (SSSR count). The van der Waals surface area contributed by atoms with E-state index in [1.54, 1.807) is 19.1 Å². The fraction of sp³-hybridized carbons (Fsp3) is 0.267. The zero-order chi connectivity index (χ0) is 13.1. The summed E-state index contributed by atoms with van der Waals surface area (Å²) in [5, 5.41) is 0. The first-order valence-electron chi connectivity index (χ1n) is 5.97. The van der Waals surface area contributed by atoms with E-state index in [9.17, 15) is 9.18 Å². The van der Waals surface area contributed by atoms with Crippen LogP contribution in [0.2, 0.25) is 0 Å². The molecule has 0 bridgehead atoms. The van der Waals surface area contributed by atoms with Gasteiger partial charge in [0.25, 0.3) is 0 Å². The molecule has 94 valence electrons. The van der Waals surface area contributed by atoms with Crippen molar-refractivity contribution < 1.29 is 13.6 Å². The quantitative estimate of drug-likeness (QED) is 0.770. The Hall–Kier alpha value is -1.90. The number of aryl methyl sites for hydroxylation is 2. The summed E-state index contributed by atoms with van der Waals surface area (Å²) >= 11 is 0. The van der Waals surface area contributed by atoms with Crippen LogP contribution in [-0.4, -0.2) is 5.78 Å². The van der Waals surface area contributed by atoms with Crippen LogP contribution in [0.25, 0.3) is 0 Å². The third-order valence-corrected chi connectivity index (χ3v) is 2.94. The van der Waals surface area contributed by atoms with Gasteiger partial charge in [-0.2, -0.15) is 0 Å². The van der Waals surface area contributed by atoms with Gasteiger partial charge in [-0.15, -0.1) is 0 Å². The number of halogens is 1. The monoisotopic (exact) mass is 246 g/mol. The van der Waals surface area contributed by atoms with Crippen LogP contribution in [0.15, 0.2) is 34.7 Å². The molecule has 1 heterocycles. The molecule has 0 fully saturated rings. The Bertz CT molecular complexity index is 570. The van der Waals surface area contributed by atoms with Gasteiger partial charge >= 0.3 is 0 Å². The molecular weight excluding hydrogens is 231 g/mol. The van der Waals surface area contributed by atoms with Crippen LogP contribution in [0, 0.1) is 12.7 Å². The number of carbonyl (C=O) groups is 1. The predicted molar refractivity (Wildman–Crippen MR) is 67.3 cm³/mol. The van der Waals surface area contributed by atoms with Crippen LogP contribution in [0.1, 0.15) is 34.4 Å². The van der Waals surface area contributed by atoms with Gasteiger partial charge < -0.3 is 4.42 Å². The molecule has 0 unspecified atom stereocenters. The fourth-order valence-corrected chi connectivity index (χ4v) is 1.84. The molecule has 0 amide bonds. The van der Waals surface area contributed by atoms with Crippen molar-refractivity contribution in [2.45, 2.75) is 26.7 Å². The van der Waals surface area contributed by atoms with Crippen molar-refractivity contribution in [3.8, 4) is 0 Å². The second kappa shape index (κ2) is 5.17. The molecule has 0 saturated carbocycles. The number of rotatable bonds is 4. The summed E-state index contributed by atoms with van der Waals surface area (Å²) in [6, 6.07) is 7.95. The minimum Gasteiger partial charge on any atom is -0.458 e. The Balaban J connectivity index is 2.16. The van der Waals surface area contributed by atoms with Crippen LogP contribution in [0.4, 0.5) is 4.39 Å². The molecule has 0 spiro atoms. The van der Waals surface area contributed by atoms with Gasteiger partial charge in [-0.05, 0) is 42.3 Å². The summed E-state index contributed by atoms with van der Waals surface area (Å²) in [5.74, 6) is 0.809. The number of carbonyl (C=O) groups excluding carboxylic acids is 1. The fourth-order valence-electron chi connectivity index (χ4n) is 1.84. The molecule has 0 aliphatic carbocycles. The summed E-state index contributed by atoms with van der Waals surface area (Å²) in [5.41, 5.74) is 1.61. The second-order valence-corrected chi connectivity index (χ2v) is 4.29. The van der Waals surface area contributed by atoms with Crippen molar-refractivity contribution in [3.05, 3.63) is 58.8 Å². The van der Waals surface area contributed by atoms with Crippen LogP contribution in [0.5, 0.6) is 0 Å². The van der Waals surface area contributed by atoms with E-state index in [0.29, 0.717) is 5.76 Å². The van der Waals surface area contributed by atoms with E-state index in [-0.39, 0.29) is 18.0 Å². The molecule has 1 aromatic carbocycles. The van der Waals surface area contributed by atoms with Crippen molar-refractivity contribution in [3.63, 3.8) is 0 Å². The van der Waals surface area contributed by atoms with E-state index >= 15 is 0 Å². The number of hydrogen-bond donors (Lipinski definition) is 0. The lowest BCUT2D eigenvalue weighted by molar-refractivity contribution is 0.0964. The summed E-state index contributed by atoms with van der Waals surface area (Å²) < 4.78 is 18.4. The van der Waals surface area contributed by atoms with Crippen LogP contribution in [-0.2, 0) is 12.8 Å². The largest absolute Gasteiger partial charge is 0.458 e. The molecule has 2 nitrogen and oxygen atoms in total. The lowest BCUT2D eigenvalue weighted by Crippen LogP contribution is -2.04. The Morgan fingerprint density at radius 1 is 1.28 bits per heavy atom.